The molecule has 168 valence electrons. The Morgan fingerprint density at radius 2 is 1.87 bits per heavy atom. The van der Waals surface area contributed by atoms with Crippen LogP contribution in [0, 0.1) is 23.2 Å². The molecule has 5 rings (SSSR count). The molecule has 0 spiro atoms. The van der Waals surface area contributed by atoms with Crippen molar-refractivity contribution in [1.29, 1.82) is 0 Å². The monoisotopic (exact) mass is 416 g/mol. The molecule has 5 aliphatic rings. The van der Waals surface area contributed by atoms with Crippen LogP contribution in [0.2, 0.25) is 0 Å². The van der Waals surface area contributed by atoms with Gasteiger partial charge in [-0.05, 0) is 70.6 Å². The molecule has 1 saturated carbocycles. The van der Waals surface area contributed by atoms with E-state index in [1.807, 2.05) is 0 Å². The van der Waals surface area contributed by atoms with E-state index in [1.165, 1.54) is 50.8 Å². The van der Waals surface area contributed by atoms with E-state index < -0.39 is 6.10 Å². The number of piperidine rings is 2. The highest BCUT2D eigenvalue weighted by molar-refractivity contribution is 5.76. The quantitative estimate of drug-likeness (QED) is 0.566. The van der Waals surface area contributed by atoms with Gasteiger partial charge in [0.05, 0.1) is 12.0 Å². The fourth-order valence-corrected chi connectivity index (χ4v) is 7.30. The number of hydrogen-bond acceptors (Lipinski definition) is 5. The zero-order valence-electron chi connectivity index (χ0n) is 18.9. The van der Waals surface area contributed by atoms with Crippen molar-refractivity contribution in [3.05, 3.63) is 11.6 Å². The van der Waals surface area contributed by atoms with Crippen molar-refractivity contribution >= 4 is 5.97 Å². The highest BCUT2D eigenvalue weighted by Crippen LogP contribution is 2.56. The maximum Gasteiger partial charge on any atom is 0.311 e. The summed E-state index contributed by atoms with van der Waals surface area (Å²) in [4.78, 5) is 18.0. The van der Waals surface area contributed by atoms with Gasteiger partial charge in [-0.25, -0.2) is 0 Å². The summed E-state index contributed by atoms with van der Waals surface area (Å²) in [6.07, 6.45) is 11.2. The summed E-state index contributed by atoms with van der Waals surface area (Å²) in [6, 6.07) is 0.722. The van der Waals surface area contributed by atoms with Crippen molar-refractivity contribution in [2.24, 2.45) is 23.2 Å². The van der Waals surface area contributed by atoms with Crippen molar-refractivity contribution in [3.63, 3.8) is 0 Å². The van der Waals surface area contributed by atoms with Crippen LogP contribution < -0.4 is 0 Å². The van der Waals surface area contributed by atoms with Gasteiger partial charge >= 0.3 is 5.97 Å². The van der Waals surface area contributed by atoms with Gasteiger partial charge in [0.1, 0.15) is 6.10 Å². The van der Waals surface area contributed by atoms with Crippen LogP contribution >= 0.6 is 0 Å². The minimum absolute atomic E-state index is 0.0555. The van der Waals surface area contributed by atoms with Gasteiger partial charge in [-0.15, -0.1) is 0 Å². The first-order chi connectivity index (χ1) is 14.5. The fourth-order valence-electron chi connectivity index (χ4n) is 7.30. The van der Waals surface area contributed by atoms with E-state index in [4.69, 9.17) is 4.74 Å². The standard InChI is InChI=1S/C25H40N2O3/c1-17-7-6-8-18-15-21-22(23(28)25(17,18)2)20(24(29)30-21)16-26-13-9-19(10-14-26)27-11-4-3-5-12-27/h8,17,19-23,28H,3-7,9-16H2,1-2H3. The van der Waals surface area contributed by atoms with E-state index in [9.17, 15) is 9.90 Å². The van der Waals surface area contributed by atoms with Gasteiger partial charge in [0.25, 0.3) is 0 Å². The molecule has 4 fully saturated rings. The number of fused-ring (bicyclic) bond motifs is 2. The van der Waals surface area contributed by atoms with Crippen molar-refractivity contribution in [1.82, 2.24) is 9.80 Å². The third-order valence-corrected chi connectivity index (χ3v) is 9.49. The average molecular weight is 417 g/mol. The molecular formula is C25H40N2O3. The molecule has 0 aromatic heterocycles. The summed E-state index contributed by atoms with van der Waals surface area (Å²) in [5, 5.41) is 11.5. The smallest absolute Gasteiger partial charge is 0.311 e. The lowest BCUT2D eigenvalue weighted by atomic mass is 9.55. The van der Waals surface area contributed by atoms with E-state index in [0.717, 1.165) is 44.9 Å². The minimum Gasteiger partial charge on any atom is -0.461 e. The Morgan fingerprint density at radius 1 is 1.13 bits per heavy atom. The molecule has 3 heterocycles. The normalized spacial score (nSPS) is 43.6. The number of nitrogens with zero attached hydrogens (tertiary/aromatic N) is 2. The SMILES string of the molecule is CC1CCC=C2CC3OC(=O)C(CN4CCC(N5CCCCC5)CC4)C3C(O)C21C. The van der Waals surface area contributed by atoms with Gasteiger partial charge < -0.3 is 19.6 Å². The molecule has 6 atom stereocenters. The minimum atomic E-state index is -0.486. The first-order valence-corrected chi connectivity index (χ1v) is 12.5. The van der Waals surface area contributed by atoms with Gasteiger partial charge in [-0.1, -0.05) is 31.9 Å². The van der Waals surface area contributed by atoms with Crippen LogP contribution in [-0.4, -0.2) is 71.8 Å². The van der Waals surface area contributed by atoms with Crippen LogP contribution in [0.4, 0.5) is 0 Å². The van der Waals surface area contributed by atoms with E-state index >= 15 is 0 Å². The van der Waals surface area contributed by atoms with Crippen LogP contribution in [0.25, 0.3) is 0 Å². The molecule has 0 radical (unpaired) electrons. The third kappa shape index (κ3) is 3.45. The zero-order valence-corrected chi connectivity index (χ0v) is 18.9. The second-order valence-corrected chi connectivity index (χ2v) is 10.9. The second kappa shape index (κ2) is 8.22. The van der Waals surface area contributed by atoms with Gasteiger partial charge in [-0.3, -0.25) is 4.79 Å². The highest BCUT2D eigenvalue weighted by Gasteiger charge is 2.59. The second-order valence-electron chi connectivity index (χ2n) is 10.9. The van der Waals surface area contributed by atoms with Crippen molar-refractivity contribution in [2.75, 3.05) is 32.7 Å². The number of ether oxygens (including phenoxy) is 1. The lowest BCUT2D eigenvalue weighted by Gasteiger charge is -2.52. The molecule has 0 aromatic rings. The molecule has 30 heavy (non-hydrogen) atoms. The maximum absolute atomic E-state index is 12.9. The number of allylic oxidation sites excluding steroid dienone is 1. The Labute approximate surface area is 181 Å². The number of rotatable bonds is 3. The molecule has 0 amide bonds. The summed E-state index contributed by atoms with van der Waals surface area (Å²) >= 11 is 0. The number of aliphatic hydroxyl groups is 1. The fraction of sp³-hybridized carbons (Fsp3) is 0.880. The van der Waals surface area contributed by atoms with Gasteiger partial charge in [0.15, 0.2) is 0 Å². The Bertz CT molecular complexity index is 680. The molecule has 2 aliphatic carbocycles. The molecule has 6 unspecified atom stereocenters. The predicted octanol–water partition coefficient (Wildman–Crippen LogP) is 3.22. The Balaban J connectivity index is 1.25. The van der Waals surface area contributed by atoms with Crippen molar-refractivity contribution in [3.8, 4) is 0 Å². The Kier molecular flexibility index (Phi) is 5.74. The van der Waals surface area contributed by atoms with E-state index in [-0.39, 0.29) is 29.3 Å². The summed E-state index contributed by atoms with van der Waals surface area (Å²) < 4.78 is 5.86. The predicted molar refractivity (Wildman–Crippen MR) is 117 cm³/mol. The summed E-state index contributed by atoms with van der Waals surface area (Å²) in [7, 11) is 0. The van der Waals surface area contributed by atoms with Crippen LogP contribution in [-0.2, 0) is 9.53 Å². The molecule has 5 heteroatoms. The van der Waals surface area contributed by atoms with Crippen LogP contribution in [0.5, 0.6) is 0 Å². The highest BCUT2D eigenvalue weighted by atomic mass is 16.6. The molecule has 3 aliphatic heterocycles. The Morgan fingerprint density at radius 3 is 2.60 bits per heavy atom. The molecule has 3 saturated heterocycles. The molecule has 5 nitrogen and oxygen atoms in total. The van der Waals surface area contributed by atoms with Crippen molar-refractivity contribution in [2.45, 2.75) is 83.5 Å². The van der Waals surface area contributed by atoms with Crippen LogP contribution in [0.1, 0.15) is 65.2 Å². The first kappa shape index (κ1) is 21.0. The number of hydrogen-bond donors (Lipinski definition) is 1. The lowest BCUT2D eigenvalue weighted by Crippen LogP contribution is -2.55. The van der Waals surface area contributed by atoms with E-state index in [1.54, 1.807) is 0 Å². The average Bonchev–Trinajstić information content (AvgIpc) is 3.07. The van der Waals surface area contributed by atoms with Crippen LogP contribution in [0.15, 0.2) is 11.6 Å². The third-order valence-electron chi connectivity index (χ3n) is 9.49. The molecule has 0 bridgehead atoms. The molecule has 0 aromatic carbocycles. The number of carbonyl (C=O) groups excluding carboxylic acids is 1. The number of likely N-dealkylation sites (tertiary alicyclic amines) is 2. The number of carbonyl (C=O) groups is 1. The van der Waals surface area contributed by atoms with E-state index in [2.05, 4.69) is 29.7 Å². The van der Waals surface area contributed by atoms with Gasteiger partial charge in [-0.2, -0.15) is 0 Å². The maximum atomic E-state index is 12.9. The largest absolute Gasteiger partial charge is 0.461 e. The zero-order chi connectivity index (χ0) is 20.9. The topological polar surface area (TPSA) is 53.0 Å². The molecular weight excluding hydrogens is 376 g/mol. The van der Waals surface area contributed by atoms with Crippen LogP contribution in [0.3, 0.4) is 0 Å². The first-order valence-electron chi connectivity index (χ1n) is 12.5. The summed E-state index contributed by atoms with van der Waals surface area (Å²) in [5.41, 5.74) is 1.12. The number of esters is 1. The van der Waals surface area contributed by atoms with Crippen molar-refractivity contribution < 1.29 is 14.6 Å². The number of aliphatic hydroxyl groups excluding tert-OH is 1. The lowest BCUT2D eigenvalue weighted by molar-refractivity contribution is -0.145. The van der Waals surface area contributed by atoms with E-state index in [0.29, 0.717) is 5.92 Å². The summed E-state index contributed by atoms with van der Waals surface area (Å²) in [5.74, 6) is 0.145. The molecule has 1 N–H and O–H groups in total. The van der Waals surface area contributed by atoms with Gasteiger partial charge in [0, 0.05) is 30.3 Å². The van der Waals surface area contributed by atoms with Gasteiger partial charge in [0.2, 0.25) is 0 Å². The Hall–Kier alpha value is -0.910. The summed E-state index contributed by atoms with van der Waals surface area (Å²) in [6.45, 7) is 9.92.